The molecule has 0 fully saturated rings. The van der Waals surface area contributed by atoms with Gasteiger partial charge in [-0.2, -0.15) is 0 Å². The summed E-state index contributed by atoms with van der Waals surface area (Å²) < 4.78 is 25.1. The van der Waals surface area contributed by atoms with E-state index < -0.39 is 10.0 Å². The SMILES string of the molecule is CCc1nnc(NS(=O)(=O)CCCl)nc1CC. The van der Waals surface area contributed by atoms with Crippen molar-refractivity contribution in [2.24, 2.45) is 0 Å². The molecule has 0 spiro atoms. The molecule has 0 amide bonds. The lowest BCUT2D eigenvalue weighted by Gasteiger charge is -2.07. The lowest BCUT2D eigenvalue weighted by Crippen LogP contribution is -2.20. The van der Waals surface area contributed by atoms with Crippen LogP contribution in [-0.4, -0.2) is 35.2 Å². The van der Waals surface area contributed by atoms with Crippen LogP contribution >= 0.6 is 11.6 Å². The first-order valence-corrected chi connectivity index (χ1v) is 7.50. The first kappa shape index (κ1) is 14.1. The van der Waals surface area contributed by atoms with Crippen LogP contribution in [0, 0.1) is 0 Å². The van der Waals surface area contributed by atoms with E-state index in [0.717, 1.165) is 17.8 Å². The molecule has 1 rings (SSSR count). The Morgan fingerprint density at radius 2 is 1.82 bits per heavy atom. The van der Waals surface area contributed by atoms with Crippen LogP contribution in [0.15, 0.2) is 0 Å². The van der Waals surface area contributed by atoms with Crippen molar-refractivity contribution in [3.05, 3.63) is 11.4 Å². The summed E-state index contributed by atoms with van der Waals surface area (Å²) in [7, 11) is -3.48. The molecule has 1 aromatic rings. The second-order valence-electron chi connectivity index (χ2n) is 3.35. The maximum Gasteiger partial charge on any atom is 0.256 e. The third kappa shape index (κ3) is 4.08. The number of sulfonamides is 1. The van der Waals surface area contributed by atoms with Gasteiger partial charge in [0.15, 0.2) is 0 Å². The maximum absolute atomic E-state index is 11.5. The number of hydrogen-bond donors (Lipinski definition) is 1. The summed E-state index contributed by atoms with van der Waals surface area (Å²) in [6.45, 7) is 3.88. The summed E-state index contributed by atoms with van der Waals surface area (Å²) in [6.07, 6.45) is 1.40. The number of hydrogen-bond acceptors (Lipinski definition) is 5. The van der Waals surface area contributed by atoms with E-state index in [9.17, 15) is 8.42 Å². The largest absolute Gasteiger partial charge is 0.256 e. The molecule has 96 valence electrons. The average Bonchev–Trinajstić information content (AvgIpc) is 2.28. The van der Waals surface area contributed by atoms with Crippen LogP contribution in [0.3, 0.4) is 0 Å². The fourth-order valence-electron chi connectivity index (χ4n) is 1.27. The lowest BCUT2D eigenvalue weighted by molar-refractivity contribution is 0.602. The van der Waals surface area contributed by atoms with E-state index in [1.807, 2.05) is 13.8 Å². The second kappa shape index (κ2) is 6.11. The highest BCUT2D eigenvalue weighted by atomic mass is 35.5. The van der Waals surface area contributed by atoms with Crippen molar-refractivity contribution in [3.63, 3.8) is 0 Å². The van der Waals surface area contributed by atoms with E-state index in [-0.39, 0.29) is 17.6 Å². The van der Waals surface area contributed by atoms with Crippen molar-refractivity contribution in [3.8, 4) is 0 Å². The van der Waals surface area contributed by atoms with Gasteiger partial charge in [0, 0.05) is 5.88 Å². The van der Waals surface area contributed by atoms with Gasteiger partial charge in [0.25, 0.3) is 5.95 Å². The zero-order valence-corrected chi connectivity index (χ0v) is 11.3. The van der Waals surface area contributed by atoms with Crippen LogP contribution < -0.4 is 4.72 Å². The molecule has 0 saturated carbocycles. The molecule has 0 radical (unpaired) electrons. The Balaban J connectivity index is 2.93. The molecule has 0 unspecified atom stereocenters. The third-order valence-electron chi connectivity index (χ3n) is 2.10. The molecule has 0 aromatic carbocycles. The van der Waals surface area contributed by atoms with Crippen LogP contribution in [0.2, 0.25) is 0 Å². The molecule has 0 aliphatic heterocycles. The zero-order valence-electron chi connectivity index (χ0n) is 9.77. The van der Waals surface area contributed by atoms with E-state index in [2.05, 4.69) is 19.9 Å². The highest BCUT2D eigenvalue weighted by Crippen LogP contribution is 2.08. The van der Waals surface area contributed by atoms with Crippen molar-refractivity contribution in [1.82, 2.24) is 15.2 Å². The smallest absolute Gasteiger partial charge is 0.250 e. The Bertz CT molecular complexity index is 478. The molecule has 1 aromatic heterocycles. The van der Waals surface area contributed by atoms with Crippen molar-refractivity contribution in [2.45, 2.75) is 26.7 Å². The van der Waals surface area contributed by atoms with Crippen LogP contribution in [0.1, 0.15) is 25.2 Å². The van der Waals surface area contributed by atoms with Gasteiger partial charge < -0.3 is 0 Å². The lowest BCUT2D eigenvalue weighted by atomic mass is 10.2. The average molecular weight is 279 g/mol. The minimum atomic E-state index is -3.48. The molecule has 0 atom stereocenters. The van der Waals surface area contributed by atoms with E-state index in [1.54, 1.807) is 0 Å². The predicted octanol–water partition coefficient (Wildman–Crippen LogP) is 0.977. The summed E-state index contributed by atoms with van der Waals surface area (Å²) in [6, 6.07) is 0. The maximum atomic E-state index is 11.5. The van der Waals surface area contributed by atoms with Gasteiger partial charge in [-0.25, -0.2) is 18.1 Å². The minimum Gasteiger partial charge on any atom is -0.250 e. The van der Waals surface area contributed by atoms with Crippen LogP contribution in [0.25, 0.3) is 0 Å². The molecular formula is C9H15ClN4O2S. The Hall–Kier alpha value is -0.950. The van der Waals surface area contributed by atoms with Gasteiger partial charge in [0.05, 0.1) is 17.1 Å². The summed E-state index contributed by atoms with van der Waals surface area (Å²) >= 11 is 5.38. The van der Waals surface area contributed by atoms with E-state index in [4.69, 9.17) is 11.6 Å². The number of halogens is 1. The first-order chi connectivity index (χ1) is 8.02. The first-order valence-electron chi connectivity index (χ1n) is 5.31. The normalized spacial score (nSPS) is 11.5. The predicted molar refractivity (Wildman–Crippen MR) is 66.7 cm³/mol. The number of aryl methyl sites for hydroxylation is 2. The van der Waals surface area contributed by atoms with E-state index >= 15 is 0 Å². The van der Waals surface area contributed by atoms with Crippen LogP contribution in [-0.2, 0) is 22.9 Å². The van der Waals surface area contributed by atoms with Gasteiger partial charge in [-0.1, -0.05) is 13.8 Å². The molecule has 1 N–H and O–H groups in total. The van der Waals surface area contributed by atoms with Gasteiger partial charge in [0.2, 0.25) is 10.0 Å². The number of nitrogens with one attached hydrogen (secondary N) is 1. The van der Waals surface area contributed by atoms with Crippen molar-refractivity contribution in [2.75, 3.05) is 16.4 Å². The van der Waals surface area contributed by atoms with Gasteiger partial charge in [0.1, 0.15) is 0 Å². The molecule has 0 aliphatic carbocycles. The molecule has 8 heteroatoms. The molecular weight excluding hydrogens is 264 g/mol. The quantitative estimate of drug-likeness (QED) is 0.784. The Labute approximate surface area is 106 Å². The highest BCUT2D eigenvalue weighted by molar-refractivity contribution is 7.92. The minimum absolute atomic E-state index is 0.00386. The van der Waals surface area contributed by atoms with Crippen molar-refractivity contribution < 1.29 is 8.42 Å². The molecule has 0 bridgehead atoms. The molecule has 0 aliphatic rings. The number of anilines is 1. The van der Waals surface area contributed by atoms with Gasteiger partial charge in [-0.3, -0.25) is 0 Å². The van der Waals surface area contributed by atoms with E-state index in [0.29, 0.717) is 6.42 Å². The number of nitrogens with zero attached hydrogens (tertiary/aromatic N) is 3. The molecule has 1 heterocycles. The fourth-order valence-corrected chi connectivity index (χ4v) is 2.55. The summed E-state index contributed by atoms with van der Waals surface area (Å²) in [5.74, 6) is -0.144. The van der Waals surface area contributed by atoms with Crippen LogP contribution in [0.4, 0.5) is 5.95 Å². The number of rotatable bonds is 6. The molecule has 0 saturated heterocycles. The van der Waals surface area contributed by atoms with Crippen LogP contribution in [0.5, 0.6) is 0 Å². The van der Waals surface area contributed by atoms with Gasteiger partial charge in [-0.15, -0.1) is 21.8 Å². The van der Waals surface area contributed by atoms with E-state index in [1.165, 1.54) is 0 Å². The van der Waals surface area contributed by atoms with Gasteiger partial charge in [-0.05, 0) is 12.8 Å². The molecule has 17 heavy (non-hydrogen) atoms. The Kier molecular flexibility index (Phi) is 5.07. The second-order valence-corrected chi connectivity index (χ2v) is 5.57. The third-order valence-corrected chi connectivity index (χ3v) is 3.75. The summed E-state index contributed by atoms with van der Waals surface area (Å²) in [4.78, 5) is 4.12. The number of alkyl halides is 1. The highest BCUT2D eigenvalue weighted by Gasteiger charge is 2.13. The monoisotopic (exact) mass is 278 g/mol. The topological polar surface area (TPSA) is 84.8 Å². The number of aromatic nitrogens is 3. The summed E-state index contributed by atoms with van der Waals surface area (Å²) in [5.41, 5.74) is 1.54. The van der Waals surface area contributed by atoms with Crippen molar-refractivity contribution in [1.29, 1.82) is 0 Å². The van der Waals surface area contributed by atoms with Gasteiger partial charge >= 0.3 is 0 Å². The zero-order chi connectivity index (χ0) is 12.9. The fraction of sp³-hybridized carbons (Fsp3) is 0.667. The van der Waals surface area contributed by atoms with Crippen molar-refractivity contribution >= 4 is 27.6 Å². The molecule has 6 nitrogen and oxygen atoms in total. The Morgan fingerprint density at radius 3 is 2.35 bits per heavy atom. The summed E-state index contributed by atoms with van der Waals surface area (Å²) in [5, 5.41) is 7.67. The standard InChI is InChI=1S/C9H15ClN4O2S/c1-3-7-8(4-2)12-13-9(11-7)14-17(15,16)6-5-10/h3-6H2,1-2H3,(H,11,13,14). The Morgan fingerprint density at radius 1 is 1.18 bits per heavy atom.